The van der Waals surface area contributed by atoms with Gasteiger partial charge in [-0.3, -0.25) is 0 Å². The van der Waals surface area contributed by atoms with E-state index in [4.69, 9.17) is 4.74 Å². The molecular weight excluding hydrogens is 304 g/mol. The van der Waals surface area contributed by atoms with E-state index in [0.717, 1.165) is 16.9 Å². The van der Waals surface area contributed by atoms with Gasteiger partial charge in [0.25, 0.3) is 0 Å². The number of esters is 1. The molecule has 24 heavy (non-hydrogen) atoms. The number of phenolic OH excluding ortho intramolecular Hbond substituents is 1. The summed E-state index contributed by atoms with van der Waals surface area (Å²) in [6, 6.07) is 10.5. The largest absolute Gasteiger partial charge is 0.507 e. The number of aromatic hydroxyl groups is 1. The summed E-state index contributed by atoms with van der Waals surface area (Å²) in [6.45, 7) is 4.95. The second-order valence-corrected chi connectivity index (χ2v) is 6.36. The molecule has 0 aliphatic carbocycles. The zero-order valence-corrected chi connectivity index (χ0v) is 13.8. The van der Waals surface area contributed by atoms with Gasteiger partial charge in [0.1, 0.15) is 17.1 Å². The summed E-state index contributed by atoms with van der Waals surface area (Å²) >= 11 is 0. The predicted octanol–water partition coefficient (Wildman–Crippen LogP) is 3.25. The number of hydrogen-bond acceptors (Lipinski definition) is 4. The number of benzene rings is 2. The third-order valence-corrected chi connectivity index (χ3v) is 4.05. The number of methoxy groups -OCH3 is 1. The van der Waals surface area contributed by atoms with Gasteiger partial charge in [-0.1, -0.05) is 25.7 Å². The summed E-state index contributed by atoms with van der Waals surface area (Å²) in [5, 5.41) is 9.90. The van der Waals surface area contributed by atoms with Crippen molar-refractivity contribution in [3.63, 3.8) is 0 Å². The zero-order valence-electron chi connectivity index (χ0n) is 13.8. The van der Waals surface area contributed by atoms with Gasteiger partial charge < -0.3 is 14.6 Å². The average Bonchev–Trinajstić information content (AvgIpc) is 2.87. The summed E-state index contributed by atoms with van der Waals surface area (Å²) in [4.78, 5) is 11.5. The van der Waals surface area contributed by atoms with Gasteiger partial charge in [-0.15, -0.1) is 0 Å². The Morgan fingerprint density at radius 1 is 1.17 bits per heavy atom. The fourth-order valence-corrected chi connectivity index (χ4v) is 2.63. The molecule has 0 unspecified atom stereocenters. The van der Waals surface area contributed by atoms with E-state index in [1.807, 2.05) is 18.2 Å². The minimum atomic E-state index is -0.576. The van der Waals surface area contributed by atoms with Crippen LogP contribution in [0.4, 0.5) is 0 Å². The van der Waals surface area contributed by atoms with Crippen LogP contribution in [0.5, 0.6) is 11.5 Å². The number of ether oxygens (including phenoxy) is 2. The van der Waals surface area contributed by atoms with Crippen molar-refractivity contribution < 1.29 is 19.4 Å². The number of hydrogen-bond donors (Lipinski definition) is 1. The van der Waals surface area contributed by atoms with E-state index >= 15 is 0 Å². The molecular formula is C20H18O4. The highest BCUT2D eigenvalue weighted by atomic mass is 16.5. The summed E-state index contributed by atoms with van der Waals surface area (Å²) in [5.74, 6) is 6.28. The number of carbonyl (C=O) groups excluding carboxylic acids is 1. The molecule has 0 aromatic heterocycles. The van der Waals surface area contributed by atoms with Crippen molar-refractivity contribution in [2.24, 2.45) is 0 Å². The minimum absolute atomic E-state index is 0.0204. The molecule has 0 saturated carbocycles. The van der Waals surface area contributed by atoms with Crippen molar-refractivity contribution in [2.45, 2.75) is 19.3 Å². The molecule has 1 aliphatic rings. The van der Waals surface area contributed by atoms with E-state index in [9.17, 15) is 9.90 Å². The van der Waals surface area contributed by atoms with E-state index in [1.165, 1.54) is 19.2 Å². The van der Waals surface area contributed by atoms with Gasteiger partial charge in [0, 0.05) is 22.1 Å². The van der Waals surface area contributed by atoms with E-state index in [2.05, 4.69) is 30.4 Å². The third-order valence-electron chi connectivity index (χ3n) is 4.05. The molecule has 0 saturated heterocycles. The molecule has 2 aromatic carbocycles. The van der Waals surface area contributed by atoms with Crippen molar-refractivity contribution in [1.29, 1.82) is 0 Å². The van der Waals surface area contributed by atoms with Crippen molar-refractivity contribution in [2.75, 3.05) is 13.7 Å². The lowest BCUT2D eigenvalue weighted by atomic mass is 9.86. The highest BCUT2D eigenvalue weighted by molar-refractivity contribution is 5.92. The zero-order chi connectivity index (χ0) is 17.3. The molecule has 0 radical (unpaired) electrons. The van der Waals surface area contributed by atoms with Crippen LogP contribution in [-0.2, 0) is 10.2 Å². The Balaban J connectivity index is 1.89. The standard InChI is InChI=1S/C20H18O4/c1-20(2)12-24-18-9-7-13(10-16(18)20)4-5-14-6-8-15(17(21)11-14)19(22)23-3/h6-11,21H,12H2,1-3H3. The Bertz CT molecular complexity index is 869. The third kappa shape index (κ3) is 2.93. The number of fused-ring (bicyclic) bond motifs is 1. The Hall–Kier alpha value is -2.93. The van der Waals surface area contributed by atoms with E-state index < -0.39 is 5.97 Å². The Morgan fingerprint density at radius 3 is 2.50 bits per heavy atom. The van der Waals surface area contributed by atoms with Gasteiger partial charge in [-0.2, -0.15) is 0 Å². The lowest BCUT2D eigenvalue weighted by Crippen LogP contribution is -2.18. The van der Waals surface area contributed by atoms with Crippen LogP contribution in [0.3, 0.4) is 0 Å². The van der Waals surface area contributed by atoms with E-state index in [1.54, 1.807) is 6.07 Å². The quantitative estimate of drug-likeness (QED) is 0.647. The molecule has 122 valence electrons. The fraction of sp³-hybridized carbons (Fsp3) is 0.250. The Kier molecular flexibility index (Phi) is 3.94. The number of rotatable bonds is 1. The molecule has 0 bridgehead atoms. The smallest absolute Gasteiger partial charge is 0.341 e. The SMILES string of the molecule is COC(=O)c1ccc(C#Cc2ccc3c(c2)C(C)(C)CO3)cc1O. The molecule has 3 rings (SSSR count). The maximum Gasteiger partial charge on any atom is 0.341 e. The van der Waals surface area contributed by atoms with Gasteiger partial charge >= 0.3 is 5.97 Å². The molecule has 1 heterocycles. The normalized spacial score (nSPS) is 14.1. The summed E-state index contributed by atoms with van der Waals surface area (Å²) in [6.07, 6.45) is 0. The van der Waals surface area contributed by atoms with Crippen LogP contribution in [0.2, 0.25) is 0 Å². The highest BCUT2D eigenvalue weighted by Gasteiger charge is 2.31. The predicted molar refractivity (Wildman–Crippen MR) is 90.4 cm³/mol. The minimum Gasteiger partial charge on any atom is -0.507 e. The van der Waals surface area contributed by atoms with Crippen LogP contribution in [0.1, 0.15) is 40.9 Å². The fourth-order valence-electron chi connectivity index (χ4n) is 2.63. The lowest BCUT2D eigenvalue weighted by Gasteiger charge is -2.14. The Labute approximate surface area is 141 Å². The molecule has 2 aromatic rings. The molecule has 4 nitrogen and oxygen atoms in total. The summed E-state index contributed by atoms with van der Waals surface area (Å²) in [5.41, 5.74) is 2.76. The first-order chi connectivity index (χ1) is 11.4. The molecule has 0 atom stereocenters. The first-order valence-electron chi connectivity index (χ1n) is 7.61. The second kappa shape index (κ2) is 5.93. The molecule has 0 fully saturated rings. The molecule has 1 aliphatic heterocycles. The van der Waals surface area contributed by atoms with Crippen LogP contribution in [0, 0.1) is 11.8 Å². The summed E-state index contributed by atoms with van der Waals surface area (Å²) in [7, 11) is 1.27. The number of phenols is 1. The monoisotopic (exact) mass is 322 g/mol. The average molecular weight is 322 g/mol. The van der Waals surface area contributed by atoms with E-state index in [0.29, 0.717) is 12.2 Å². The topological polar surface area (TPSA) is 55.8 Å². The van der Waals surface area contributed by atoms with E-state index in [-0.39, 0.29) is 16.7 Å². The van der Waals surface area contributed by atoms with Crippen molar-refractivity contribution in [3.8, 4) is 23.3 Å². The second-order valence-electron chi connectivity index (χ2n) is 6.36. The maximum atomic E-state index is 11.5. The van der Waals surface area contributed by atoms with Crippen LogP contribution in [-0.4, -0.2) is 24.8 Å². The van der Waals surface area contributed by atoms with Gasteiger partial charge in [0.15, 0.2) is 0 Å². The van der Waals surface area contributed by atoms with Crippen molar-refractivity contribution >= 4 is 5.97 Å². The molecule has 1 N–H and O–H groups in total. The molecule has 0 amide bonds. The summed E-state index contributed by atoms with van der Waals surface area (Å²) < 4.78 is 10.3. The number of carbonyl (C=O) groups is 1. The first kappa shape index (κ1) is 15.9. The van der Waals surface area contributed by atoms with Gasteiger partial charge in [-0.05, 0) is 36.4 Å². The molecule has 0 spiro atoms. The highest BCUT2D eigenvalue weighted by Crippen LogP contribution is 2.38. The Morgan fingerprint density at radius 2 is 1.83 bits per heavy atom. The van der Waals surface area contributed by atoms with Crippen LogP contribution >= 0.6 is 0 Å². The lowest BCUT2D eigenvalue weighted by molar-refractivity contribution is 0.0597. The van der Waals surface area contributed by atoms with Gasteiger partial charge in [0.2, 0.25) is 0 Å². The van der Waals surface area contributed by atoms with Crippen LogP contribution in [0.15, 0.2) is 36.4 Å². The molecule has 4 heteroatoms. The maximum absolute atomic E-state index is 11.5. The van der Waals surface area contributed by atoms with Gasteiger partial charge in [0.05, 0.1) is 13.7 Å². The van der Waals surface area contributed by atoms with Gasteiger partial charge in [-0.25, -0.2) is 4.79 Å². The van der Waals surface area contributed by atoms with Crippen molar-refractivity contribution in [1.82, 2.24) is 0 Å². The van der Waals surface area contributed by atoms with Crippen LogP contribution in [0.25, 0.3) is 0 Å². The van der Waals surface area contributed by atoms with Crippen molar-refractivity contribution in [3.05, 3.63) is 58.7 Å². The first-order valence-corrected chi connectivity index (χ1v) is 7.61. The van der Waals surface area contributed by atoms with Crippen LogP contribution < -0.4 is 4.74 Å².